The quantitative estimate of drug-likeness (QED) is 0.597. The normalized spacial score (nSPS) is 22.5. The Labute approximate surface area is 165 Å². The van der Waals surface area contributed by atoms with Gasteiger partial charge in [-0.05, 0) is 72.9 Å². The molecule has 1 aromatic heterocycles. The van der Waals surface area contributed by atoms with Gasteiger partial charge in [-0.1, -0.05) is 48.0 Å². The summed E-state index contributed by atoms with van der Waals surface area (Å²) < 4.78 is 0. The van der Waals surface area contributed by atoms with Crippen molar-refractivity contribution in [3.63, 3.8) is 0 Å². The average Bonchev–Trinajstić information content (AvgIpc) is 3.06. The third-order valence-electron chi connectivity index (χ3n) is 6.24. The maximum Gasteiger partial charge on any atom is 0.0460 e. The van der Waals surface area contributed by atoms with E-state index in [0.717, 1.165) is 36.7 Å². The van der Waals surface area contributed by atoms with Crippen molar-refractivity contribution in [2.24, 2.45) is 5.92 Å². The summed E-state index contributed by atoms with van der Waals surface area (Å²) in [5.41, 5.74) is 7.02. The molecule has 2 unspecified atom stereocenters. The molecule has 3 aromatic rings. The van der Waals surface area contributed by atoms with Gasteiger partial charge in [-0.3, -0.25) is 0 Å². The zero-order chi connectivity index (χ0) is 18.2. The lowest BCUT2D eigenvalue weighted by Gasteiger charge is -2.30. The largest absolute Gasteiger partial charge is 0.358 e. The molecule has 0 saturated heterocycles. The molecule has 0 fully saturated rings. The summed E-state index contributed by atoms with van der Waals surface area (Å²) >= 11 is 6.25. The molecule has 0 radical (unpaired) electrons. The van der Waals surface area contributed by atoms with Crippen LogP contribution < -0.4 is 5.32 Å². The highest BCUT2D eigenvalue weighted by Crippen LogP contribution is 2.36. The first kappa shape index (κ1) is 17.1. The Balaban J connectivity index is 1.31. The minimum atomic E-state index is 0.575. The highest BCUT2D eigenvalue weighted by molar-refractivity contribution is 6.31. The second-order valence-electron chi connectivity index (χ2n) is 8.02. The Morgan fingerprint density at radius 1 is 1.04 bits per heavy atom. The van der Waals surface area contributed by atoms with Crippen LogP contribution in [-0.4, -0.2) is 17.6 Å². The molecule has 2 N–H and O–H groups in total. The van der Waals surface area contributed by atoms with Gasteiger partial charge in [0.25, 0.3) is 0 Å². The van der Waals surface area contributed by atoms with Gasteiger partial charge in [0.15, 0.2) is 0 Å². The van der Waals surface area contributed by atoms with Crippen LogP contribution in [0.4, 0.5) is 0 Å². The minimum Gasteiger partial charge on any atom is -0.358 e. The molecule has 1 aliphatic carbocycles. The summed E-state index contributed by atoms with van der Waals surface area (Å²) in [6, 6.07) is 17.6. The van der Waals surface area contributed by atoms with E-state index >= 15 is 0 Å². The smallest absolute Gasteiger partial charge is 0.0460 e. The Morgan fingerprint density at radius 2 is 1.93 bits per heavy atom. The molecule has 1 aliphatic heterocycles. The van der Waals surface area contributed by atoms with Gasteiger partial charge >= 0.3 is 0 Å². The van der Waals surface area contributed by atoms with Crippen LogP contribution in [-0.2, 0) is 12.8 Å². The van der Waals surface area contributed by atoms with Crippen LogP contribution in [0.2, 0.25) is 5.02 Å². The van der Waals surface area contributed by atoms with Crippen molar-refractivity contribution in [2.75, 3.05) is 6.54 Å². The monoisotopic (exact) mass is 376 g/mol. The zero-order valence-corrected chi connectivity index (χ0v) is 16.2. The first-order valence-corrected chi connectivity index (χ1v) is 10.4. The fourth-order valence-electron chi connectivity index (χ4n) is 4.89. The number of H-pyrrole nitrogens is 1. The van der Waals surface area contributed by atoms with Crippen molar-refractivity contribution in [3.05, 3.63) is 76.5 Å². The van der Waals surface area contributed by atoms with E-state index in [1.807, 2.05) is 6.07 Å². The number of nitrogens with one attached hydrogen (secondary N) is 2. The van der Waals surface area contributed by atoms with Crippen molar-refractivity contribution >= 4 is 28.1 Å². The zero-order valence-electron chi connectivity index (χ0n) is 15.5. The maximum atomic E-state index is 6.25. The summed E-state index contributed by atoms with van der Waals surface area (Å²) in [5, 5.41) is 5.88. The maximum absolute atomic E-state index is 6.25. The van der Waals surface area contributed by atoms with Crippen LogP contribution >= 0.6 is 11.6 Å². The van der Waals surface area contributed by atoms with Crippen molar-refractivity contribution in [1.82, 2.24) is 10.3 Å². The van der Waals surface area contributed by atoms with E-state index in [-0.39, 0.29) is 0 Å². The molecule has 0 saturated carbocycles. The second-order valence-corrected chi connectivity index (χ2v) is 8.46. The van der Waals surface area contributed by atoms with Crippen molar-refractivity contribution in [1.29, 1.82) is 0 Å². The first-order valence-electron chi connectivity index (χ1n) is 10.0. The molecule has 2 nitrogen and oxygen atoms in total. The SMILES string of the molecule is Clc1ccc2[nH]c3c(c2c1)CC(CC1CC(c2ccccc2)=CCN1)CC3. The first-order chi connectivity index (χ1) is 13.3. The molecule has 2 aliphatic rings. The Bertz CT molecular complexity index is 986. The van der Waals surface area contributed by atoms with Gasteiger partial charge in [-0.15, -0.1) is 0 Å². The molecular weight excluding hydrogens is 352 g/mol. The van der Waals surface area contributed by atoms with Crippen LogP contribution in [0.5, 0.6) is 0 Å². The molecular formula is C24H25ClN2. The number of hydrogen-bond donors (Lipinski definition) is 2. The van der Waals surface area contributed by atoms with E-state index < -0.39 is 0 Å². The highest BCUT2D eigenvalue weighted by Gasteiger charge is 2.26. The number of halogens is 1. The molecule has 138 valence electrons. The van der Waals surface area contributed by atoms with Gasteiger partial charge in [0.05, 0.1) is 0 Å². The number of rotatable bonds is 3. The molecule has 0 bridgehead atoms. The van der Waals surface area contributed by atoms with Gasteiger partial charge in [-0.2, -0.15) is 0 Å². The Kier molecular flexibility index (Phi) is 4.55. The molecule has 2 heterocycles. The van der Waals surface area contributed by atoms with Gasteiger partial charge in [0.1, 0.15) is 0 Å². The Morgan fingerprint density at radius 3 is 2.81 bits per heavy atom. The van der Waals surface area contributed by atoms with Crippen LogP contribution in [0.1, 0.15) is 36.1 Å². The number of aryl methyl sites for hydroxylation is 1. The lowest BCUT2D eigenvalue weighted by Crippen LogP contribution is -2.35. The van der Waals surface area contributed by atoms with E-state index in [9.17, 15) is 0 Å². The van der Waals surface area contributed by atoms with E-state index in [4.69, 9.17) is 11.6 Å². The highest BCUT2D eigenvalue weighted by atomic mass is 35.5. The third-order valence-corrected chi connectivity index (χ3v) is 6.47. The predicted octanol–water partition coefficient (Wildman–Crippen LogP) is 5.76. The summed E-state index contributed by atoms with van der Waals surface area (Å²) in [6.45, 7) is 0.982. The summed E-state index contributed by atoms with van der Waals surface area (Å²) in [5.74, 6) is 0.739. The van der Waals surface area contributed by atoms with Crippen molar-refractivity contribution in [2.45, 2.75) is 38.1 Å². The third kappa shape index (κ3) is 3.44. The fraction of sp³-hybridized carbons (Fsp3) is 0.333. The number of benzene rings is 2. The standard InChI is InChI=1S/C24H25ClN2/c25-19-7-9-24-22(15-19)21-13-16(6-8-23(21)27-24)12-20-14-18(10-11-26-20)17-4-2-1-3-5-17/h1-5,7,9-10,15-16,20,26-27H,6,8,11-14H2. The van der Waals surface area contributed by atoms with E-state index in [0.29, 0.717) is 6.04 Å². The Hall–Kier alpha value is -2.03. The minimum absolute atomic E-state index is 0.575. The predicted molar refractivity (Wildman–Crippen MR) is 114 cm³/mol. The molecule has 0 amide bonds. The molecule has 5 rings (SSSR count). The summed E-state index contributed by atoms with van der Waals surface area (Å²) in [7, 11) is 0. The van der Waals surface area contributed by atoms with Crippen LogP contribution in [0.3, 0.4) is 0 Å². The van der Waals surface area contributed by atoms with Crippen LogP contribution in [0.15, 0.2) is 54.6 Å². The topological polar surface area (TPSA) is 27.8 Å². The molecule has 2 atom stereocenters. The van der Waals surface area contributed by atoms with Crippen molar-refractivity contribution < 1.29 is 0 Å². The van der Waals surface area contributed by atoms with Gasteiger partial charge in [0.2, 0.25) is 0 Å². The molecule has 3 heteroatoms. The van der Waals surface area contributed by atoms with E-state index in [1.165, 1.54) is 46.1 Å². The molecule has 27 heavy (non-hydrogen) atoms. The van der Waals surface area contributed by atoms with E-state index in [1.54, 1.807) is 0 Å². The summed E-state index contributed by atoms with van der Waals surface area (Å²) in [4.78, 5) is 3.61. The number of fused-ring (bicyclic) bond motifs is 3. The van der Waals surface area contributed by atoms with Gasteiger partial charge < -0.3 is 10.3 Å². The molecule has 2 aromatic carbocycles. The van der Waals surface area contributed by atoms with Gasteiger partial charge in [-0.25, -0.2) is 0 Å². The number of hydrogen-bond acceptors (Lipinski definition) is 1. The van der Waals surface area contributed by atoms with Gasteiger partial charge in [0, 0.05) is 34.2 Å². The lowest BCUT2D eigenvalue weighted by molar-refractivity contribution is 0.356. The summed E-state index contributed by atoms with van der Waals surface area (Å²) in [6.07, 6.45) is 8.32. The lowest BCUT2D eigenvalue weighted by atomic mass is 9.80. The second kappa shape index (κ2) is 7.18. The number of aromatic nitrogens is 1. The molecule has 0 spiro atoms. The van der Waals surface area contributed by atoms with Crippen LogP contribution in [0.25, 0.3) is 16.5 Å². The average molecular weight is 377 g/mol. The fourth-order valence-corrected chi connectivity index (χ4v) is 5.06. The van der Waals surface area contributed by atoms with Crippen LogP contribution in [0, 0.1) is 5.92 Å². The van der Waals surface area contributed by atoms with Crippen molar-refractivity contribution in [3.8, 4) is 0 Å². The van der Waals surface area contributed by atoms with E-state index in [2.05, 4.69) is 58.8 Å². The number of aromatic amines is 1.